The molecular formula is C26H24Cl2F3NO5. The van der Waals surface area contributed by atoms with Gasteiger partial charge in [0.25, 0.3) is 5.56 Å². The van der Waals surface area contributed by atoms with Crippen LogP contribution in [0.3, 0.4) is 0 Å². The Morgan fingerprint density at radius 3 is 2.27 bits per heavy atom. The highest BCUT2D eigenvalue weighted by atomic mass is 35.5. The fourth-order valence-electron chi connectivity index (χ4n) is 3.96. The summed E-state index contributed by atoms with van der Waals surface area (Å²) < 4.78 is 54.6. The first kappa shape index (κ1) is 28.6. The number of pyridine rings is 1. The smallest absolute Gasteiger partial charge is 0.422 e. The highest BCUT2D eigenvalue weighted by Gasteiger charge is 2.59. The van der Waals surface area contributed by atoms with E-state index in [-0.39, 0.29) is 44.8 Å². The summed E-state index contributed by atoms with van der Waals surface area (Å²) in [5.74, 6) is -1.81. The Kier molecular flexibility index (Phi) is 8.31. The number of carbonyl (C=O) groups excluding carboxylic acids is 1. The molecule has 6 nitrogen and oxygen atoms in total. The first-order valence-corrected chi connectivity index (χ1v) is 11.9. The zero-order valence-corrected chi connectivity index (χ0v) is 21.8. The number of aliphatic hydroxyl groups is 1. The van der Waals surface area contributed by atoms with Gasteiger partial charge in [-0.2, -0.15) is 13.2 Å². The maximum absolute atomic E-state index is 14.3. The van der Waals surface area contributed by atoms with Crippen LogP contribution in [0.1, 0.15) is 46.8 Å². The van der Waals surface area contributed by atoms with E-state index < -0.39 is 34.8 Å². The molecule has 2 atom stereocenters. The molecule has 1 aromatic heterocycles. The Morgan fingerprint density at radius 1 is 1.08 bits per heavy atom. The Morgan fingerprint density at radius 2 is 1.70 bits per heavy atom. The van der Waals surface area contributed by atoms with Crippen LogP contribution in [-0.4, -0.2) is 28.4 Å². The maximum Gasteiger partial charge on any atom is 0.422 e. The molecule has 0 spiro atoms. The van der Waals surface area contributed by atoms with Gasteiger partial charge in [-0.05, 0) is 55.8 Å². The number of carbonyl (C=O) groups is 1. The molecule has 0 aliphatic heterocycles. The Hall–Kier alpha value is -3.01. The fourth-order valence-corrected chi connectivity index (χ4v) is 4.49. The van der Waals surface area contributed by atoms with Crippen LogP contribution >= 0.6 is 23.2 Å². The minimum Gasteiger partial charge on any atom is -0.462 e. The minimum atomic E-state index is -5.10. The van der Waals surface area contributed by atoms with Gasteiger partial charge < -0.3 is 19.1 Å². The molecule has 0 aliphatic rings. The molecular weight excluding hydrogens is 534 g/mol. The van der Waals surface area contributed by atoms with E-state index in [4.69, 9.17) is 32.7 Å². The standard InChI is InChI=1S/C26H24Cl2F3NO5/c1-5-36-24(34)20-11-17(7-9-21(20)27)37-18-6-8-19(22(28)12-18)15(3)25(35,26(29,30)31)16-10-14(2)23(33)32(4)13-16/h6-13,15,35H,5H2,1-4H3/t15-,25?/m0/s1. The predicted molar refractivity (Wildman–Crippen MR) is 134 cm³/mol. The van der Waals surface area contributed by atoms with E-state index in [1.807, 2.05) is 0 Å². The normalized spacial score (nSPS) is 14.1. The molecule has 3 aromatic rings. The number of halogens is 5. The molecule has 0 saturated heterocycles. The number of ether oxygens (including phenoxy) is 2. The number of hydrogen-bond donors (Lipinski definition) is 1. The quantitative estimate of drug-likeness (QED) is 0.334. The molecule has 1 unspecified atom stereocenters. The SMILES string of the molecule is CCOC(=O)c1cc(Oc2ccc([C@H](C)C(O)(c3cc(C)c(=O)n(C)c3)C(F)(F)F)c(Cl)c2)ccc1Cl. The van der Waals surface area contributed by atoms with Crippen molar-refractivity contribution in [2.75, 3.05) is 6.61 Å². The molecule has 1 heterocycles. The maximum atomic E-state index is 14.3. The van der Waals surface area contributed by atoms with Crippen LogP contribution in [0.5, 0.6) is 11.5 Å². The lowest BCUT2D eigenvalue weighted by Gasteiger charge is -2.37. The third-order valence-corrected chi connectivity index (χ3v) is 6.63. The van der Waals surface area contributed by atoms with Gasteiger partial charge in [0.2, 0.25) is 0 Å². The lowest BCUT2D eigenvalue weighted by molar-refractivity contribution is -0.274. The van der Waals surface area contributed by atoms with E-state index in [1.165, 1.54) is 57.3 Å². The Bertz CT molecular complexity index is 1360. The van der Waals surface area contributed by atoms with Crippen molar-refractivity contribution in [3.8, 4) is 11.5 Å². The highest BCUT2D eigenvalue weighted by molar-refractivity contribution is 6.33. The lowest BCUT2D eigenvalue weighted by atomic mass is 9.78. The van der Waals surface area contributed by atoms with E-state index in [2.05, 4.69) is 0 Å². The van der Waals surface area contributed by atoms with Crippen LogP contribution < -0.4 is 10.3 Å². The van der Waals surface area contributed by atoms with Crippen LogP contribution in [0.4, 0.5) is 13.2 Å². The minimum absolute atomic E-state index is 0.00339. The van der Waals surface area contributed by atoms with Gasteiger partial charge in [0.1, 0.15) is 11.5 Å². The molecule has 0 amide bonds. The van der Waals surface area contributed by atoms with Crippen molar-refractivity contribution in [2.45, 2.75) is 38.5 Å². The molecule has 0 saturated carbocycles. The molecule has 0 aliphatic carbocycles. The van der Waals surface area contributed by atoms with E-state index in [0.29, 0.717) is 0 Å². The molecule has 0 radical (unpaired) electrons. The number of esters is 1. The monoisotopic (exact) mass is 557 g/mol. The molecule has 3 rings (SSSR count). The zero-order valence-electron chi connectivity index (χ0n) is 20.3. The summed E-state index contributed by atoms with van der Waals surface area (Å²) in [6.45, 7) is 4.37. The number of hydrogen-bond acceptors (Lipinski definition) is 5. The van der Waals surface area contributed by atoms with Crippen molar-refractivity contribution in [1.82, 2.24) is 4.57 Å². The van der Waals surface area contributed by atoms with Crippen molar-refractivity contribution >= 4 is 29.2 Å². The highest BCUT2D eigenvalue weighted by Crippen LogP contribution is 2.50. The Balaban J connectivity index is 1.98. The number of aromatic nitrogens is 1. The second-order valence-electron chi connectivity index (χ2n) is 8.46. The lowest BCUT2D eigenvalue weighted by Crippen LogP contribution is -2.47. The van der Waals surface area contributed by atoms with Crippen molar-refractivity contribution in [1.29, 1.82) is 0 Å². The van der Waals surface area contributed by atoms with Gasteiger partial charge in [0.05, 0.1) is 17.2 Å². The zero-order chi connectivity index (χ0) is 27.7. The third-order valence-electron chi connectivity index (χ3n) is 5.97. The van der Waals surface area contributed by atoms with Crippen LogP contribution in [0.2, 0.25) is 10.0 Å². The molecule has 0 bridgehead atoms. The molecule has 0 fully saturated rings. The van der Waals surface area contributed by atoms with E-state index in [9.17, 15) is 27.9 Å². The van der Waals surface area contributed by atoms with Crippen LogP contribution in [0.25, 0.3) is 0 Å². The van der Waals surface area contributed by atoms with Gasteiger partial charge >= 0.3 is 12.1 Å². The predicted octanol–water partition coefficient (Wildman–Crippen LogP) is 6.52. The second kappa shape index (κ2) is 10.8. The summed E-state index contributed by atoms with van der Waals surface area (Å²) in [5, 5.41) is 11.1. The summed E-state index contributed by atoms with van der Waals surface area (Å²) in [6, 6.07) is 9.35. The summed E-state index contributed by atoms with van der Waals surface area (Å²) in [4.78, 5) is 24.1. The summed E-state index contributed by atoms with van der Waals surface area (Å²) in [5.41, 5.74) is -4.18. The fraction of sp³-hybridized carbons (Fsp3) is 0.308. The van der Waals surface area contributed by atoms with Gasteiger partial charge in [0.15, 0.2) is 5.60 Å². The van der Waals surface area contributed by atoms with Gasteiger partial charge in [-0.1, -0.05) is 36.2 Å². The summed E-state index contributed by atoms with van der Waals surface area (Å²) >= 11 is 12.4. The van der Waals surface area contributed by atoms with Gasteiger partial charge in [-0.25, -0.2) is 4.79 Å². The third kappa shape index (κ3) is 5.63. The summed E-state index contributed by atoms with van der Waals surface area (Å²) in [6.07, 6.45) is -4.13. The molecule has 1 N–H and O–H groups in total. The molecule has 2 aromatic carbocycles. The topological polar surface area (TPSA) is 77.8 Å². The largest absolute Gasteiger partial charge is 0.462 e. The van der Waals surface area contributed by atoms with Crippen LogP contribution in [-0.2, 0) is 17.4 Å². The number of aryl methyl sites for hydroxylation is 2. The van der Waals surface area contributed by atoms with Gasteiger partial charge in [-0.15, -0.1) is 0 Å². The molecule has 37 heavy (non-hydrogen) atoms. The van der Waals surface area contributed by atoms with Crippen molar-refractivity contribution < 1.29 is 32.5 Å². The molecule has 11 heteroatoms. The average Bonchev–Trinajstić information content (AvgIpc) is 2.82. The number of alkyl halides is 3. The van der Waals surface area contributed by atoms with Crippen molar-refractivity contribution in [3.63, 3.8) is 0 Å². The van der Waals surface area contributed by atoms with Gasteiger partial charge in [0, 0.05) is 35.3 Å². The average molecular weight is 558 g/mol. The number of rotatable bonds is 7. The first-order valence-electron chi connectivity index (χ1n) is 11.1. The molecule has 198 valence electrons. The van der Waals surface area contributed by atoms with E-state index in [1.54, 1.807) is 6.92 Å². The Labute approximate surface area is 221 Å². The van der Waals surface area contributed by atoms with E-state index in [0.717, 1.165) is 16.8 Å². The van der Waals surface area contributed by atoms with Gasteiger partial charge in [-0.3, -0.25) is 4.79 Å². The van der Waals surface area contributed by atoms with Crippen LogP contribution in [0, 0.1) is 6.92 Å². The van der Waals surface area contributed by atoms with E-state index >= 15 is 0 Å². The van der Waals surface area contributed by atoms with Crippen molar-refractivity contribution in [2.24, 2.45) is 7.05 Å². The van der Waals surface area contributed by atoms with Crippen molar-refractivity contribution in [3.05, 3.63) is 91.3 Å². The number of nitrogens with zero attached hydrogens (tertiary/aromatic N) is 1. The second-order valence-corrected chi connectivity index (χ2v) is 9.28. The first-order chi connectivity index (χ1) is 17.2. The summed E-state index contributed by atoms with van der Waals surface area (Å²) in [7, 11) is 1.31. The number of benzene rings is 2. The van der Waals surface area contributed by atoms with Crippen LogP contribution in [0.15, 0.2) is 53.5 Å².